The van der Waals surface area contributed by atoms with Gasteiger partial charge in [-0.1, -0.05) is 43.2 Å². The Morgan fingerprint density at radius 1 is 1.10 bits per heavy atom. The predicted octanol–water partition coefficient (Wildman–Crippen LogP) is 7.46. The first kappa shape index (κ1) is 27.7. The molecule has 3 N–H and O–H groups in total. The van der Waals surface area contributed by atoms with Gasteiger partial charge in [-0.05, 0) is 72.2 Å². The Labute approximate surface area is 239 Å². The smallest absolute Gasteiger partial charge is 0.341 e. The van der Waals surface area contributed by atoms with Crippen molar-refractivity contribution in [2.45, 2.75) is 33.1 Å². The van der Waals surface area contributed by atoms with Crippen LogP contribution in [0.5, 0.6) is 11.5 Å². The highest BCUT2D eigenvalue weighted by atomic mass is 35.5. The Hall–Kier alpha value is -3.81. The number of ether oxygens (including phenoxy) is 2. The molecule has 1 aliphatic carbocycles. The maximum atomic E-state index is 12.4. The molecule has 0 saturated carbocycles. The molecular formula is C32H35ClN4O3. The number of methoxy groups -OCH3 is 1. The van der Waals surface area contributed by atoms with Crippen LogP contribution in [-0.2, 0) is 4.74 Å². The van der Waals surface area contributed by atoms with Crippen molar-refractivity contribution in [3.63, 3.8) is 0 Å². The van der Waals surface area contributed by atoms with Gasteiger partial charge in [-0.3, -0.25) is 0 Å². The van der Waals surface area contributed by atoms with Crippen molar-refractivity contribution in [2.75, 3.05) is 32.1 Å². The zero-order valence-electron chi connectivity index (χ0n) is 23.1. The molecule has 8 heteroatoms. The quantitative estimate of drug-likeness (QED) is 0.138. The molecule has 4 aromatic rings. The summed E-state index contributed by atoms with van der Waals surface area (Å²) >= 11 is 6.14. The van der Waals surface area contributed by atoms with Crippen molar-refractivity contribution in [3.8, 4) is 11.5 Å². The van der Waals surface area contributed by atoms with Crippen LogP contribution < -0.4 is 15.4 Å². The molecule has 0 aliphatic heterocycles. The number of nitrogens with one attached hydrogen (secondary N) is 3. The molecule has 0 atom stereocenters. The number of aromatic nitrogens is 2. The first-order chi connectivity index (χ1) is 19.3. The molecule has 0 spiro atoms. The third-order valence-electron chi connectivity index (χ3n) is 7.34. The lowest BCUT2D eigenvalue weighted by Crippen LogP contribution is -2.27. The van der Waals surface area contributed by atoms with Crippen LogP contribution in [0.4, 0.5) is 5.69 Å². The van der Waals surface area contributed by atoms with E-state index in [0.717, 1.165) is 47.7 Å². The fourth-order valence-corrected chi connectivity index (χ4v) is 5.24. The molecular weight excluding hydrogens is 524 g/mol. The Morgan fingerprint density at radius 3 is 2.73 bits per heavy atom. The van der Waals surface area contributed by atoms with E-state index in [1.807, 2.05) is 42.6 Å². The van der Waals surface area contributed by atoms with Crippen LogP contribution in [0.25, 0.3) is 16.6 Å². The molecule has 5 rings (SSSR count). The summed E-state index contributed by atoms with van der Waals surface area (Å²) in [5, 5.41) is 8.73. The number of benzene rings is 2. The van der Waals surface area contributed by atoms with Crippen LogP contribution in [0, 0.1) is 5.41 Å². The number of fused-ring (bicyclic) bond motifs is 1. The molecule has 0 saturated heterocycles. The summed E-state index contributed by atoms with van der Waals surface area (Å²) in [6.45, 7) is 7.03. The highest BCUT2D eigenvalue weighted by Gasteiger charge is 2.27. The van der Waals surface area contributed by atoms with E-state index < -0.39 is 5.97 Å². The molecule has 0 bridgehead atoms. The number of anilines is 1. The van der Waals surface area contributed by atoms with Crippen LogP contribution >= 0.6 is 11.6 Å². The van der Waals surface area contributed by atoms with Gasteiger partial charge in [-0.15, -0.1) is 0 Å². The first-order valence-electron chi connectivity index (χ1n) is 13.6. The van der Waals surface area contributed by atoms with Gasteiger partial charge in [0.2, 0.25) is 0 Å². The van der Waals surface area contributed by atoms with Gasteiger partial charge in [0.15, 0.2) is 0 Å². The maximum Gasteiger partial charge on any atom is 0.341 e. The van der Waals surface area contributed by atoms with Gasteiger partial charge in [0.05, 0.1) is 13.3 Å². The third-order valence-corrected chi connectivity index (χ3v) is 7.59. The number of rotatable bonds is 10. The van der Waals surface area contributed by atoms with Gasteiger partial charge < -0.3 is 25.1 Å². The summed E-state index contributed by atoms with van der Waals surface area (Å²) in [4.78, 5) is 19.8. The summed E-state index contributed by atoms with van der Waals surface area (Å²) in [5.41, 5.74) is 6.42. The topological polar surface area (TPSA) is 88.3 Å². The lowest BCUT2D eigenvalue weighted by molar-refractivity contribution is 0.0598. The van der Waals surface area contributed by atoms with Gasteiger partial charge in [0, 0.05) is 48.0 Å². The molecule has 2 aromatic heterocycles. The van der Waals surface area contributed by atoms with Crippen molar-refractivity contribution in [1.82, 2.24) is 15.3 Å². The summed E-state index contributed by atoms with van der Waals surface area (Å²) in [7, 11) is 1.36. The van der Waals surface area contributed by atoms with Crippen LogP contribution in [-0.4, -0.2) is 42.7 Å². The molecule has 0 fully saturated rings. The van der Waals surface area contributed by atoms with E-state index in [2.05, 4.69) is 46.6 Å². The van der Waals surface area contributed by atoms with E-state index in [-0.39, 0.29) is 0 Å². The lowest BCUT2D eigenvalue weighted by atomic mass is 9.72. The Bertz CT molecular complexity index is 1520. The number of hydrogen-bond donors (Lipinski definition) is 3. The minimum Gasteiger partial charge on any atom is -0.465 e. The average molecular weight is 559 g/mol. The molecule has 7 nitrogen and oxygen atoms in total. The number of pyridine rings is 1. The van der Waals surface area contributed by atoms with Gasteiger partial charge in [0.25, 0.3) is 0 Å². The second-order valence-electron chi connectivity index (χ2n) is 10.9. The number of halogens is 1. The fourth-order valence-electron chi connectivity index (χ4n) is 5.12. The number of H-pyrrole nitrogens is 1. The standard InChI is InChI=1S/C32H35ClN4O3/c1-32(2)12-10-23(28(18-32)21-4-6-24(33)7-5-21)19-34-14-15-35-25-8-9-27(31(38)39-3)29(17-25)40-26-16-22-11-13-36-30(22)37-20-26/h4-9,11,13,16-17,20,34-35H,10,12,14-15,18-19H2,1-3H3,(H,36,37). The normalized spacial score (nSPS) is 14.8. The molecule has 1 aliphatic rings. The molecule has 2 aromatic carbocycles. The number of nitrogens with zero attached hydrogens (tertiary/aromatic N) is 1. The largest absolute Gasteiger partial charge is 0.465 e. The summed E-state index contributed by atoms with van der Waals surface area (Å²) in [6.07, 6.45) is 6.78. The maximum absolute atomic E-state index is 12.4. The van der Waals surface area contributed by atoms with E-state index in [4.69, 9.17) is 21.1 Å². The van der Waals surface area contributed by atoms with E-state index in [1.165, 1.54) is 30.2 Å². The average Bonchev–Trinajstić information content (AvgIpc) is 3.41. The molecule has 208 valence electrons. The summed E-state index contributed by atoms with van der Waals surface area (Å²) in [6, 6.07) is 17.4. The zero-order chi connectivity index (χ0) is 28.1. The van der Waals surface area contributed by atoms with Crippen LogP contribution in [0.15, 0.2) is 72.6 Å². The number of carbonyl (C=O) groups is 1. The number of carbonyl (C=O) groups excluding carboxylic acids is 1. The third kappa shape index (κ3) is 6.66. The second-order valence-corrected chi connectivity index (χ2v) is 11.4. The SMILES string of the molecule is COC(=O)c1ccc(NCCNCC2=C(c3ccc(Cl)cc3)CC(C)(C)CC2)cc1Oc1cnc2[nH]ccc2c1. The van der Waals surface area contributed by atoms with Crippen LogP contribution in [0.1, 0.15) is 49.0 Å². The van der Waals surface area contributed by atoms with E-state index in [1.54, 1.807) is 12.3 Å². The highest BCUT2D eigenvalue weighted by molar-refractivity contribution is 6.30. The Kier molecular flexibility index (Phi) is 8.43. The van der Waals surface area contributed by atoms with Crippen molar-refractivity contribution >= 4 is 39.9 Å². The van der Waals surface area contributed by atoms with Crippen molar-refractivity contribution < 1.29 is 14.3 Å². The predicted molar refractivity (Wildman–Crippen MR) is 161 cm³/mol. The Balaban J connectivity index is 1.22. The van der Waals surface area contributed by atoms with Crippen LogP contribution in [0.3, 0.4) is 0 Å². The van der Waals surface area contributed by atoms with E-state index in [9.17, 15) is 4.79 Å². The molecule has 40 heavy (non-hydrogen) atoms. The zero-order valence-corrected chi connectivity index (χ0v) is 23.9. The number of esters is 1. The highest BCUT2D eigenvalue weighted by Crippen LogP contribution is 2.42. The molecule has 2 heterocycles. The number of aromatic amines is 1. The molecule has 0 unspecified atom stereocenters. The Morgan fingerprint density at radius 2 is 1.93 bits per heavy atom. The number of allylic oxidation sites excluding steroid dienone is 1. The first-order valence-corrected chi connectivity index (χ1v) is 13.9. The minimum absolute atomic E-state index is 0.291. The van der Waals surface area contributed by atoms with Gasteiger partial charge in [-0.2, -0.15) is 0 Å². The monoisotopic (exact) mass is 558 g/mol. The van der Waals surface area contributed by atoms with Gasteiger partial charge >= 0.3 is 5.97 Å². The summed E-state index contributed by atoms with van der Waals surface area (Å²) in [5.74, 6) is 0.486. The fraction of sp³-hybridized carbons (Fsp3) is 0.312. The van der Waals surface area contributed by atoms with Crippen molar-refractivity contribution in [1.29, 1.82) is 0 Å². The van der Waals surface area contributed by atoms with Crippen LogP contribution in [0.2, 0.25) is 5.02 Å². The van der Waals surface area contributed by atoms with Crippen molar-refractivity contribution in [2.24, 2.45) is 5.41 Å². The second kappa shape index (κ2) is 12.1. The lowest BCUT2D eigenvalue weighted by Gasteiger charge is -2.34. The van der Waals surface area contributed by atoms with Gasteiger partial charge in [0.1, 0.15) is 22.7 Å². The molecule has 0 radical (unpaired) electrons. The van der Waals surface area contributed by atoms with Crippen molar-refractivity contribution in [3.05, 3.63) is 88.7 Å². The van der Waals surface area contributed by atoms with Gasteiger partial charge in [-0.25, -0.2) is 9.78 Å². The summed E-state index contributed by atoms with van der Waals surface area (Å²) < 4.78 is 11.0. The number of hydrogen-bond acceptors (Lipinski definition) is 6. The minimum atomic E-state index is -0.459. The van der Waals surface area contributed by atoms with E-state index in [0.29, 0.717) is 29.0 Å². The molecule has 0 amide bonds. The van der Waals surface area contributed by atoms with E-state index >= 15 is 0 Å².